The molecule has 1 aliphatic heterocycles. The Morgan fingerprint density at radius 1 is 1.27 bits per heavy atom. The summed E-state index contributed by atoms with van der Waals surface area (Å²) in [5.74, 6) is -1.19. The highest BCUT2D eigenvalue weighted by molar-refractivity contribution is 6.30. The van der Waals surface area contributed by atoms with Crippen molar-refractivity contribution in [3.8, 4) is 0 Å². The van der Waals surface area contributed by atoms with Gasteiger partial charge in [-0.05, 0) is 43.4 Å². The summed E-state index contributed by atoms with van der Waals surface area (Å²) in [5.41, 5.74) is -1.33. The lowest BCUT2D eigenvalue weighted by Crippen LogP contribution is -2.40. The van der Waals surface area contributed by atoms with Crippen LogP contribution in [0.3, 0.4) is 0 Å². The first-order chi connectivity index (χ1) is 12.2. The van der Waals surface area contributed by atoms with Crippen molar-refractivity contribution < 1.29 is 22.8 Å². The summed E-state index contributed by atoms with van der Waals surface area (Å²) in [6.07, 6.45) is -2.23. The molecule has 3 unspecified atom stereocenters. The minimum Gasteiger partial charge on any atom is -0.342 e. The molecule has 1 heterocycles. The number of carbonyl (C=O) groups excluding carboxylic acids is 2. The van der Waals surface area contributed by atoms with Gasteiger partial charge in [0.15, 0.2) is 0 Å². The van der Waals surface area contributed by atoms with Gasteiger partial charge in [0, 0.05) is 18.1 Å². The smallest absolute Gasteiger partial charge is 0.342 e. The van der Waals surface area contributed by atoms with Gasteiger partial charge in [0.2, 0.25) is 11.8 Å². The predicted octanol–water partition coefficient (Wildman–Crippen LogP) is 4.19. The molecule has 3 atom stereocenters. The average molecular weight is 389 g/mol. The van der Waals surface area contributed by atoms with Gasteiger partial charge >= 0.3 is 6.18 Å². The maximum Gasteiger partial charge on any atom is 0.418 e. The Morgan fingerprint density at radius 3 is 2.65 bits per heavy atom. The van der Waals surface area contributed by atoms with Crippen LogP contribution in [0.25, 0.3) is 0 Å². The molecular weight excluding hydrogens is 369 g/mol. The number of alkyl halides is 3. The molecule has 1 aliphatic carbocycles. The number of benzene rings is 1. The molecule has 142 valence electrons. The molecule has 1 saturated carbocycles. The van der Waals surface area contributed by atoms with E-state index in [1.807, 2.05) is 0 Å². The Kier molecular flexibility index (Phi) is 5.19. The number of nitrogens with one attached hydrogen (secondary N) is 1. The third-order valence-electron chi connectivity index (χ3n) is 4.96. The van der Waals surface area contributed by atoms with Gasteiger partial charge in [-0.2, -0.15) is 13.2 Å². The Bertz CT molecular complexity index is 723. The van der Waals surface area contributed by atoms with E-state index in [9.17, 15) is 22.8 Å². The molecule has 0 radical (unpaired) electrons. The lowest BCUT2D eigenvalue weighted by atomic mass is 10.00. The van der Waals surface area contributed by atoms with Gasteiger partial charge in [-0.15, -0.1) is 0 Å². The highest BCUT2D eigenvalue weighted by Gasteiger charge is 2.50. The quantitative estimate of drug-likeness (QED) is 0.844. The summed E-state index contributed by atoms with van der Waals surface area (Å²) < 4.78 is 39.3. The van der Waals surface area contributed by atoms with Crippen LogP contribution in [0.5, 0.6) is 0 Å². The highest BCUT2D eigenvalue weighted by Crippen LogP contribution is 2.43. The SMILES string of the molecule is CC1CCCN(C(=O)C2CC2C(=O)Nc2ccc(Cl)cc2C(F)(F)F)C1. The molecule has 1 saturated heterocycles. The fraction of sp³-hybridized carbons (Fsp3) is 0.556. The van der Waals surface area contributed by atoms with Crippen molar-refractivity contribution in [2.75, 3.05) is 18.4 Å². The van der Waals surface area contributed by atoms with Gasteiger partial charge in [0.1, 0.15) is 0 Å². The van der Waals surface area contributed by atoms with Gasteiger partial charge in [0.25, 0.3) is 0 Å². The van der Waals surface area contributed by atoms with Crippen LogP contribution in [0.15, 0.2) is 18.2 Å². The molecule has 26 heavy (non-hydrogen) atoms. The molecule has 2 fully saturated rings. The van der Waals surface area contributed by atoms with Gasteiger partial charge in [-0.1, -0.05) is 18.5 Å². The van der Waals surface area contributed by atoms with Crippen LogP contribution in [0, 0.1) is 17.8 Å². The zero-order valence-corrected chi connectivity index (χ0v) is 15.0. The van der Waals surface area contributed by atoms with Crippen LogP contribution in [-0.4, -0.2) is 29.8 Å². The van der Waals surface area contributed by atoms with E-state index in [-0.39, 0.29) is 16.6 Å². The number of hydrogen-bond acceptors (Lipinski definition) is 2. The van der Waals surface area contributed by atoms with E-state index in [1.165, 1.54) is 6.07 Å². The average Bonchev–Trinajstić information content (AvgIpc) is 3.35. The zero-order valence-electron chi connectivity index (χ0n) is 14.3. The first-order valence-electron chi connectivity index (χ1n) is 8.63. The first-order valence-corrected chi connectivity index (χ1v) is 9.01. The maximum atomic E-state index is 13.1. The Hall–Kier alpha value is -1.76. The number of rotatable bonds is 3. The van der Waals surface area contributed by atoms with Gasteiger partial charge in [-0.25, -0.2) is 0 Å². The van der Waals surface area contributed by atoms with Crippen molar-refractivity contribution in [1.82, 2.24) is 4.90 Å². The molecule has 4 nitrogen and oxygen atoms in total. The van der Waals surface area contributed by atoms with E-state index in [2.05, 4.69) is 12.2 Å². The third kappa shape index (κ3) is 4.14. The summed E-state index contributed by atoms with van der Waals surface area (Å²) in [6, 6.07) is 3.20. The molecular formula is C18H20ClF3N2O2. The summed E-state index contributed by atoms with van der Waals surface area (Å²) in [6.45, 7) is 3.44. The lowest BCUT2D eigenvalue weighted by molar-refractivity contribution is -0.137. The van der Waals surface area contributed by atoms with E-state index >= 15 is 0 Å². The lowest BCUT2D eigenvalue weighted by Gasteiger charge is -2.31. The summed E-state index contributed by atoms with van der Waals surface area (Å²) in [4.78, 5) is 26.6. The monoisotopic (exact) mass is 388 g/mol. The topological polar surface area (TPSA) is 49.4 Å². The van der Waals surface area contributed by atoms with Gasteiger partial charge in [0.05, 0.1) is 23.1 Å². The number of nitrogens with zero attached hydrogens (tertiary/aromatic N) is 1. The minimum atomic E-state index is -4.63. The zero-order chi connectivity index (χ0) is 19.1. The molecule has 0 aromatic heterocycles. The van der Waals surface area contributed by atoms with Crippen molar-refractivity contribution in [1.29, 1.82) is 0 Å². The van der Waals surface area contributed by atoms with E-state index in [4.69, 9.17) is 11.6 Å². The number of halogens is 4. The third-order valence-corrected chi connectivity index (χ3v) is 5.19. The molecule has 2 amide bonds. The minimum absolute atomic E-state index is 0.0611. The second kappa shape index (κ2) is 7.10. The van der Waals surface area contributed by atoms with Crippen molar-refractivity contribution in [2.45, 2.75) is 32.4 Å². The fourth-order valence-electron chi connectivity index (χ4n) is 3.47. The predicted molar refractivity (Wildman–Crippen MR) is 91.7 cm³/mol. The molecule has 0 spiro atoms. The van der Waals surface area contributed by atoms with Crippen LogP contribution >= 0.6 is 11.6 Å². The Labute approximate surface area is 154 Å². The number of piperidine rings is 1. The van der Waals surface area contributed by atoms with Crippen molar-refractivity contribution in [3.63, 3.8) is 0 Å². The van der Waals surface area contributed by atoms with Crippen LogP contribution in [0.1, 0.15) is 31.7 Å². The molecule has 1 aromatic rings. The summed E-state index contributed by atoms with van der Waals surface area (Å²) in [5, 5.41) is 2.25. The molecule has 1 N–H and O–H groups in total. The first kappa shape index (κ1) is 19.0. The number of amides is 2. The molecule has 3 rings (SSSR count). The van der Waals surface area contributed by atoms with Gasteiger partial charge in [-0.3, -0.25) is 9.59 Å². The molecule has 8 heteroatoms. The number of carbonyl (C=O) groups is 2. The number of anilines is 1. The van der Waals surface area contributed by atoms with Crippen LogP contribution < -0.4 is 5.32 Å². The molecule has 1 aromatic carbocycles. The van der Waals surface area contributed by atoms with E-state index < -0.39 is 29.5 Å². The Morgan fingerprint density at radius 2 is 2.00 bits per heavy atom. The highest BCUT2D eigenvalue weighted by atomic mass is 35.5. The van der Waals surface area contributed by atoms with Crippen molar-refractivity contribution in [2.24, 2.45) is 17.8 Å². The van der Waals surface area contributed by atoms with Crippen molar-refractivity contribution in [3.05, 3.63) is 28.8 Å². The second-order valence-corrected chi connectivity index (χ2v) is 7.59. The van der Waals surface area contributed by atoms with Gasteiger partial charge < -0.3 is 10.2 Å². The normalized spacial score (nSPS) is 25.7. The van der Waals surface area contributed by atoms with Crippen molar-refractivity contribution >= 4 is 29.1 Å². The van der Waals surface area contributed by atoms with E-state index in [1.54, 1.807) is 4.90 Å². The largest absolute Gasteiger partial charge is 0.418 e. The maximum absolute atomic E-state index is 13.1. The molecule has 2 aliphatic rings. The summed E-state index contributed by atoms with van der Waals surface area (Å²) >= 11 is 5.63. The Balaban J connectivity index is 1.65. The standard InChI is InChI=1S/C18H20ClF3N2O2/c1-10-3-2-6-24(9-10)17(26)13-8-12(13)16(25)23-15-5-4-11(19)7-14(15)18(20,21)22/h4-5,7,10,12-13H,2-3,6,8-9H2,1H3,(H,23,25). The molecule has 0 bridgehead atoms. The number of hydrogen-bond donors (Lipinski definition) is 1. The van der Waals surface area contributed by atoms with E-state index in [0.717, 1.165) is 25.0 Å². The van der Waals surface area contributed by atoms with Crippen LogP contribution in [-0.2, 0) is 15.8 Å². The van der Waals surface area contributed by atoms with Crippen LogP contribution in [0.2, 0.25) is 5.02 Å². The summed E-state index contributed by atoms with van der Waals surface area (Å²) in [7, 11) is 0. The number of likely N-dealkylation sites (tertiary alicyclic amines) is 1. The fourth-order valence-corrected chi connectivity index (χ4v) is 3.64. The van der Waals surface area contributed by atoms with E-state index in [0.29, 0.717) is 25.4 Å². The second-order valence-electron chi connectivity index (χ2n) is 7.16. The van der Waals surface area contributed by atoms with Crippen LogP contribution in [0.4, 0.5) is 18.9 Å².